The Kier molecular flexibility index (Phi) is 3.49. The van der Waals surface area contributed by atoms with Gasteiger partial charge in [0.1, 0.15) is 0 Å². The summed E-state index contributed by atoms with van der Waals surface area (Å²) < 4.78 is 0. The van der Waals surface area contributed by atoms with E-state index in [1.54, 1.807) is 18.2 Å². The molecule has 0 spiro atoms. The Morgan fingerprint density at radius 2 is 2.06 bits per heavy atom. The SMILES string of the molecule is O=C(NC(=O)c1ccccc1Cl)Nc1nn[nH]n1. The summed E-state index contributed by atoms with van der Waals surface area (Å²) in [6, 6.07) is 5.59. The van der Waals surface area contributed by atoms with Crippen LogP contribution >= 0.6 is 11.6 Å². The molecular formula is C9H7ClN6O2. The van der Waals surface area contributed by atoms with Gasteiger partial charge in [-0.3, -0.25) is 15.4 Å². The van der Waals surface area contributed by atoms with Gasteiger partial charge in [-0.15, -0.1) is 5.10 Å². The molecule has 1 aromatic heterocycles. The third-order valence-corrected chi connectivity index (χ3v) is 2.25. The minimum atomic E-state index is -0.777. The number of amides is 3. The first-order valence-electron chi connectivity index (χ1n) is 4.77. The lowest BCUT2D eigenvalue weighted by atomic mass is 10.2. The van der Waals surface area contributed by atoms with E-state index >= 15 is 0 Å². The van der Waals surface area contributed by atoms with Crippen molar-refractivity contribution < 1.29 is 9.59 Å². The highest BCUT2D eigenvalue weighted by Gasteiger charge is 2.13. The van der Waals surface area contributed by atoms with Crippen molar-refractivity contribution >= 4 is 29.5 Å². The van der Waals surface area contributed by atoms with E-state index in [1.165, 1.54) is 6.07 Å². The number of aromatic amines is 1. The summed E-state index contributed by atoms with van der Waals surface area (Å²) in [4.78, 5) is 23.1. The van der Waals surface area contributed by atoms with Gasteiger partial charge in [0, 0.05) is 0 Å². The van der Waals surface area contributed by atoms with Crippen LogP contribution in [-0.2, 0) is 0 Å². The molecule has 18 heavy (non-hydrogen) atoms. The molecule has 0 bridgehead atoms. The van der Waals surface area contributed by atoms with Crippen molar-refractivity contribution in [3.8, 4) is 0 Å². The largest absolute Gasteiger partial charge is 0.328 e. The smallest absolute Gasteiger partial charge is 0.274 e. The number of nitrogens with zero attached hydrogens (tertiary/aromatic N) is 3. The third-order valence-electron chi connectivity index (χ3n) is 1.92. The van der Waals surface area contributed by atoms with Gasteiger partial charge in [0.2, 0.25) is 0 Å². The molecule has 0 saturated heterocycles. The molecule has 3 amide bonds. The van der Waals surface area contributed by atoms with Crippen molar-refractivity contribution in [2.24, 2.45) is 0 Å². The maximum atomic E-state index is 11.7. The van der Waals surface area contributed by atoms with Crippen LogP contribution in [0, 0.1) is 0 Å². The Labute approximate surface area is 106 Å². The van der Waals surface area contributed by atoms with Crippen LogP contribution in [-0.4, -0.2) is 32.6 Å². The quantitative estimate of drug-likeness (QED) is 0.745. The molecule has 0 saturated carbocycles. The summed E-state index contributed by atoms with van der Waals surface area (Å²) in [5.41, 5.74) is 0.197. The van der Waals surface area contributed by atoms with Crippen LogP contribution in [0.5, 0.6) is 0 Å². The van der Waals surface area contributed by atoms with Crippen molar-refractivity contribution in [1.82, 2.24) is 25.9 Å². The summed E-state index contributed by atoms with van der Waals surface area (Å²) in [6.07, 6.45) is 0. The van der Waals surface area contributed by atoms with Crippen molar-refractivity contribution in [2.75, 3.05) is 5.32 Å². The fourth-order valence-electron chi connectivity index (χ4n) is 1.16. The van der Waals surface area contributed by atoms with Gasteiger partial charge in [-0.25, -0.2) is 4.79 Å². The van der Waals surface area contributed by atoms with E-state index < -0.39 is 11.9 Å². The summed E-state index contributed by atoms with van der Waals surface area (Å²) in [6.45, 7) is 0. The normalized spacial score (nSPS) is 9.83. The minimum absolute atomic E-state index is 0.0422. The number of nitrogens with one attached hydrogen (secondary N) is 3. The van der Waals surface area contributed by atoms with Gasteiger partial charge in [-0.2, -0.15) is 5.21 Å². The molecule has 0 aliphatic rings. The topological polar surface area (TPSA) is 113 Å². The summed E-state index contributed by atoms with van der Waals surface area (Å²) in [7, 11) is 0. The van der Waals surface area contributed by atoms with E-state index in [9.17, 15) is 9.59 Å². The maximum Gasteiger partial charge on any atom is 0.328 e. The summed E-state index contributed by atoms with van der Waals surface area (Å²) in [5.74, 6) is -0.666. The second-order valence-electron chi connectivity index (χ2n) is 3.12. The van der Waals surface area contributed by atoms with Crippen molar-refractivity contribution in [2.45, 2.75) is 0 Å². The molecule has 2 aromatic rings. The second-order valence-corrected chi connectivity index (χ2v) is 3.53. The molecule has 0 radical (unpaired) electrons. The van der Waals surface area contributed by atoms with Gasteiger partial charge < -0.3 is 0 Å². The number of H-pyrrole nitrogens is 1. The number of rotatable bonds is 2. The van der Waals surface area contributed by atoms with Crippen LogP contribution in [0.2, 0.25) is 5.02 Å². The molecular weight excluding hydrogens is 260 g/mol. The van der Waals surface area contributed by atoms with E-state index in [0.29, 0.717) is 0 Å². The van der Waals surface area contributed by atoms with Gasteiger partial charge in [-0.05, 0) is 17.3 Å². The molecule has 0 aliphatic heterocycles. The van der Waals surface area contributed by atoms with Gasteiger partial charge in [0.05, 0.1) is 10.6 Å². The third kappa shape index (κ3) is 2.80. The molecule has 2 rings (SSSR count). The second kappa shape index (κ2) is 5.23. The number of hydrogen-bond acceptors (Lipinski definition) is 5. The van der Waals surface area contributed by atoms with Crippen molar-refractivity contribution in [1.29, 1.82) is 0 Å². The number of benzene rings is 1. The fraction of sp³-hybridized carbons (Fsp3) is 0. The number of carbonyl (C=O) groups is 2. The van der Waals surface area contributed by atoms with E-state index in [0.717, 1.165) is 0 Å². The number of hydrogen-bond donors (Lipinski definition) is 3. The number of aromatic nitrogens is 4. The van der Waals surface area contributed by atoms with Gasteiger partial charge in [-0.1, -0.05) is 28.8 Å². The van der Waals surface area contributed by atoms with Gasteiger partial charge in [0.15, 0.2) is 0 Å². The number of imide groups is 1. The van der Waals surface area contributed by atoms with E-state index in [4.69, 9.17) is 11.6 Å². The zero-order chi connectivity index (χ0) is 13.0. The minimum Gasteiger partial charge on any atom is -0.274 e. The predicted octanol–water partition coefficient (Wildman–Crippen LogP) is 0.815. The maximum absolute atomic E-state index is 11.7. The lowest BCUT2D eigenvalue weighted by Gasteiger charge is -2.04. The lowest BCUT2D eigenvalue weighted by Crippen LogP contribution is -2.34. The molecule has 3 N–H and O–H groups in total. The Morgan fingerprint density at radius 1 is 1.28 bits per heavy atom. The molecule has 1 heterocycles. The highest BCUT2D eigenvalue weighted by Crippen LogP contribution is 2.14. The monoisotopic (exact) mass is 266 g/mol. The molecule has 0 fully saturated rings. The Bertz CT molecular complexity index is 570. The van der Waals surface area contributed by atoms with Crippen LogP contribution in [0.25, 0.3) is 0 Å². The number of urea groups is 1. The standard InChI is InChI=1S/C9H7ClN6O2/c10-6-4-2-1-3-5(6)7(17)11-9(18)12-8-13-15-16-14-8/h1-4H,(H3,11,12,13,14,15,16,17,18). The number of carbonyl (C=O) groups excluding carboxylic acids is 2. The zero-order valence-corrected chi connectivity index (χ0v) is 9.60. The number of anilines is 1. The van der Waals surface area contributed by atoms with Crippen molar-refractivity contribution in [3.05, 3.63) is 34.9 Å². The highest BCUT2D eigenvalue weighted by molar-refractivity contribution is 6.34. The fourth-order valence-corrected chi connectivity index (χ4v) is 1.38. The first-order chi connectivity index (χ1) is 8.66. The van der Waals surface area contributed by atoms with E-state index in [1.807, 2.05) is 0 Å². The summed E-state index contributed by atoms with van der Waals surface area (Å²) in [5, 5.41) is 16.9. The van der Waals surface area contributed by atoms with Crippen LogP contribution in [0.15, 0.2) is 24.3 Å². The predicted molar refractivity (Wildman–Crippen MR) is 62.1 cm³/mol. The van der Waals surface area contributed by atoms with Gasteiger partial charge >= 0.3 is 6.03 Å². The first kappa shape index (κ1) is 12.0. The molecule has 9 heteroatoms. The average Bonchev–Trinajstić information content (AvgIpc) is 2.82. The van der Waals surface area contributed by atoms with Gasteiger partial charge in [0.25, 0.3) is 11.9 Å². The zero-order valence-electron chi connectivity index (χ0n) is 8.85. The average molecular weight is 267 g/mol. The molecule has 0 atom stereocenters. The number of tetrazole rings is 1. The molecule has 1 aromatic carbocycles. The Hall–Kier alpha value is -2.48. The highest BCUT2D eigenvalue weighted by atomic mass is 35.5. The number of halogens is 1. The summed E-state index contributed by atoms with van der Waals surface area (Å²) >= 11 is 5.81. The van der Waals surface area contributed by atoms with Crippen molar-refractivity contribution in [3.63, 3.8) is 0 Å². The molecule has 8 nitrogen and oxygen atoms in total. The molecule has 0 unspecified atom stereocenters. The molecule has 92 valence electrons. The van der Waals surface area contributed by atoms with Crippen LogP contribution in [0.3, 0.4) is 0 Å². The van der Waals surface area contributed by atoms with Crippen LogP contribution in [0.1, 0.15) is 10.4 Å². The Morgan fingerprint density at radius 3 is 2.72 bits per heavy atom. The van der Waals surface area contributed by atoms with E-state index in [-0.39, 0.29) is 16.5 Å². The lowest BCUT2D eigenvalue weighted by molar-refractivity contribution is 0.0967. The first-order valence-corrected chi connectivity index (χ1v) is 5.15. The molecule has 0 aliphatic carbocycles. The van der Waals surface area contributed by atoms with E-state index in [2.05, 4.69) is 31.3 Å². The van der Waals surface area contributed by atoms with Crippen LogP contribution < -0.4 is 10.6 Å². The van der Waals surface area contributed by atoms with Crippen LogP contribution in [0.4, 0.5) is 10.7 Å². The Balaban J connectivity index is 2.00.